The number of hydrogen-bond donors (Lipinski definition) is 1. The smallest absolute Gasteiger partial charge is 0.159 e. The average Bonchev–Trinajstić information content (AvgIpc) is 3.02. The highest BCUT2D eigenvalue weighted by atomic mass is 17.1. The van der Waals surface area contributed by atoms with Crippen molar-refractivity contribution < 1.29 is 19.7 Å². The van der Waals surface area contributed by atoms with Gasteiger partial charge in [-0.15, -0.1) is 0 Å². The third-order valence-electron chi connectivity index (χ3n) is 6.52. The molecule has 0 bridgehead atoms. The number of allylic oxidation sites excluding steroid dienone is 2. The molecule has 2 aliphatic carbocycles. The Morgan fingerprint density at radius 3 is 2.67 bits per heavy atom. The van der Waals surface area contributed by atoms with Crippen molar-refractivity contribution in [2.24, 2.45) is 11.3 Å². The third kappa shape index (κ3) is 3.00. The Morgan fingerprint density at radius 1 is 1.33 bits per heavy atom. The summed E-state index contributed by atoms with van der Waals surface area (Å²) in [5.74, 6) is 0.528. The molecule has 4 nitrogen and oxygen atoms in total. The maximum Gasteiger partial charge on any atom is 0.159 e. The Labute approximate surface area is 144 Å². The molecule has 0 amide bonds. The summed E-state index contributed by atoms with van der Waals surface area (Å²) >= 11 is 0. The summed E-state index contributed by atoms with van der Waals surface area (Å²) in [6.45, 7) is 12.6. The Hall–Kier alpha value is -0.970. The fourth-order valence-electron chi connectivity index (χ4n) is 4.89. The minimum absolute atomic E-state index is 0.0493. The second-order valence-electron chi connectivity index (χ2n) is 8.67. The largest absolute Gasteiger partial charge is 0.366 e. The van der Waals surface area contributed by atoms with Crippen molar-refractivity contribution in [2.45, 2.75) is 84.0 Å². The van der Waals surface area contributed by atoms with E-state index in [0.29, 0.717) is 12.2 Å². The van der Waals surface area contributed by atoms with Crippen molar-refractivity contribution in [1.82, 2.24) is 0 Å². The van der Waals surface area contributed by atoms with Gasteiger partial charge < -0.3 is 4.74 Å². The normalized spacial score (nSPS) is 43.0. The van der Waals surface area contributed by atoms with E-state index >= 15 is 0 Å². The zero-order valence-corrected chi connectivity index (χ0v) is 15.4. The lowest BCUT2D eigenvalue weighted by Crippen LogP contribution is -2.26. The van der Waals surface area contributed by atoms with Crippen molar-refractivity contribution in [3.8, 4) is 0 Å². The molecule has 0 aromatic heterocycles. The van der Waals surface area contributed by atoms with Gasteiger partial charge in [0.15, 0.2) is 5.78 Å². The number of epoxide rings is 1. The first-order chi connectivity index (χ1) is 11.2. The lowest BCUT2D eigenvalue weighted by atomic mass is 9.71. The lowest BCUT2D eigenvalue weighted by molar-refractivity contribution is -0.270. The van der Waals surface area contributed by atoms with E-state index in [2.05, 4.69) is 25.3 Å². The number of carbonyl (C=O) groups excluding carboxylic acids is 1. The number of rotatable bonds is 1. The zero-order valence-electron chi connectivity index (χ0n) is 15.4. The molecule has 1 aliphatic heterocycles. The quantitative estimate of drug-likeness (QED) is 0.253. The van der Waals surface area contributed by atoms with E-state index in [4.69, 9.17) is 4.74 Å². The first kappa shape index (κ1) is 17.8. The van der Waals surface area contributed by atoms with Gasteiger partial charge in [0.1, 0.15) is 6.10 Å². The molecule has 4 heteroatoms. The van der Waals surface area contributed by atoms with E-state index in [0.717, 1.165) is 48.8 Å². The SMILES string of the molecule is C=C1CC[C@@H]2C(=C(C)C)C(=O)C[C@@]2(C)C[C@H]2O[C@]2(C)CC[C@@H]1OO. The molecule has 134 valence electrons. The van der Waals surface area contributed by atoms with E-state index in [-0.39, 0.29) is 29.1 Å². The van der Waals surface area contributed by atoms with E-state index in [1.807, 2.05) is 13.8 Å². The number of hydrogen-bond acceptors (Lipinski definition) is 4. The van der Waals surface area contributed by atoms with Crippen LogP contribution in [0.4, 0.5) is 0 Å². The second-order valence-corrected chi connectivity index (χ2v) is 8.67. The minimum Gasteiger partial charge on any atom is -0.366 e. The number of ether oxygens (including phenoxy) is 1. The van der Waals surface area contributed by atoms with E-state index in [1.165, 1.54) is 0 Å². The van der Waals surface area contributed by atoms with Crippen LogP contribution in [0.5, 0.6) is 0 Å². The molecule has 0 aromatic rings. The predicted molar refractivity (Wildman–Crippen MR) is 92.6 cm³/mol. The van der Waals surface area contributed by atoms with Gasteiger partial charge in [-0.3, -0.25) is 10.1 Å². The van der Waals surface area contributed by atoms with Crippen molar-refractivity contribution >= 4 is 5.78 Å². The first-order valence-electron chi connectivity index (χ1n) is 9.06. The molecule has 0 spiro atoms. The maximum absolute atomic E-state index is 12.7. The highest BCUT2D eigenvalue weighted by Gasteiger charge is 2.58. The molecule has 3 aliphatic rings. The van der Waals surface area contributed by atoms with Crippen molar-refractivity contribution in [1.29, 1.82) is 0 Å². The van der Waals surface area contributed by atoms with Gasteiger partial charge in [0.25, 0.3) is 0 Å². The minimum atomic E-state index is -0.344. The van der Waals surface area contributed by atoms with Gasteiger partial charge in [-0.25, -0.2) is 4.89 Å². The van der Waals surface area contributed by atoms with Crippen molar-refractivity contribution in [3.05, 3.63) is 23.3 Å². The number of fused-ring (bicyclic) bond motifs is 2. The molecule has 1 N–H and O–H groups in total. The van der Waals surface area contributed by atoms with Gasteiger partial charge in [-0.05, 0) is 75.4 Å². The van der Waals surface area contributed by atoms with Gasteiger partial charge in [0, 0.05) is 6.42 Å². The summed E-state index contributed by atoms with van der Waals surface area (Å²) in [7, 11) is 0. The molecule has 0 unspecified atom stereocenters. The molecule has 1 heterocycles. The van der Waals surface area contributed by atoms with Gasteiger partial charge in [0.05, 0.1) is 11.7 Å². The Kier molecular flexibility index (Phi) is 4.52. The van der Waals surface area contributed by atoms with Crippen LogP contribution in [-0.2, 0) is 14.4 Å². The van der Waals surface area contributed by atoms with Crippen molar-refractivity contribution in [2.75, 3.05) is 0 Å². The standard InChI is InChI=1S/C20H30O4/c1-12(2)18-14-7-6-13(3)16(24-22)8-9-20(5)17(23-20)11-19(14,4)10-15(18)21/h14,16-17,22H,3,6-11H2,1-2,4-5H3/t14-,16+,17-,19+,20-/m1/s1. The summed E-state index contributed by atoms with van der Waals surface area (Å²) in [5, 5.41) is 9.25. The molecule has 5 atom stereocenters. The second kappa shape index (κ2) is 6.08. The molecule has 0 radical (unpaired) electrons. The first-order valence-corrected chi connectivity index (χ1v) is 9.06. The fraction of sp³-hybridized carbons (Fsp3) is 0.750. The monoisotopic (exact) mass is 334 g/mol. The van der Waals surface area contributed by atoms with E-state index in [9.17, 15) is 10.1 Å². The summed E-state index contributed by atoms with van der Waals surface area (Å²) in [6.07, 6.45) is 4.60. The molecule has 3 rings (SSSR count). The van der Waals surface area contributed by atoms with Crippen LogP contribution in [0, 0.1) is 11.3 Å². The van der Waals surface area contributed by atoms with Crippen LogP contribution in [0.25, 0.3) is 0 Å². The van der Waals surface area contributed by atoms with Crippen LogP contribution in [-0.4, -0.2) is 28.8 Å². The van der Waals surface area contributed by atoms with Crippen LogP contribution in [0.15, 0.2) is 23.3 Å². The summed E-state index contributed by atoms with van der Waals surface area (Å²) in [5.41, 5.74) is 2.84. The molecule has 2 saturated carbocycles. The Balaban J connectivity index is 1.94. The van der Waals surface area contributed by atoms with Gasteiger partial charge >= 0.3 is 0 Å². The van der Waals surface area contributed by atoms with E-state index in [1.54, 1.807) is 0 Å². The van der Waals surface area contributed by atoms with Crippen LogP contribution in [0.1, 0.15) is 66.2 Å². The molecular weight excluding hydrogens is 304 g/mol. The van der Waals surface area contributed by atoms with Crippen LogP contribution < -0.4 is 0 Å². The molecule has 0 aromatic carbocycles. The highest BCUT2D eigenvalue weighted by molar-refractivity contribution is 5.99. The average molecular weight is 334 g/mol. The van der Waals surface area contributed by atoms with Crippen LogP contribution >= 0.6 is 0 Å². The molecular formula is C20H30O4. The summed E-state index contributed by atoms with van der Waals surface area (Å²) in [6, 6.07) is 0. The number of carbonyl (C=O) groups is 1. The Bertz CT molecular complexity index is 588. The molecule has 1 saturated heterocycles. The predicted octanol–water partition coefficient (Wildman–Crippen LogP) is 4.45. The van der Waals surface area contributed by atoms with Crippen LogP contribution in [0.2, 0.25) is 0 Å². The summed E-state index contributed by atoms with van der Waals surface area (Å²) < 4.78 is 6.02. The zero-order chi connectivity index (χ0) is 17.7. The van der Waals surface area contributed by atoms with Crippen LogP contribution in [0.3, 0.4) is 0 Å². The van der Waals surface area contributed by atoms with Crippen molar-refractivity contribution in [3.63, 3.8) is 0 Å². The molecule has 3 fully saturated rings. The van der Waals surface area contributed by atoms with Gasteiger partial charge in [-0.1, -0.05) is 19.1 Å². The fourth-order valence-corrected chi connectivity index (χ4v) is 4.89. The topological polar surface area (TPSA) is 59.1 Å². The lowest BCUT2D eigenvalue weighted by Gasteiger charge is -2.32. The van der Waals surface area contributed by atoms with Gasteiger partial charge in [0.2, 0.25) is 0 Å². The summed E-state index contributed by atoms with van der Waals surface area (Å²) in [4.78, 5) is 17.4. The van der Waals surface area contributed by atoms with Gasteiger partial charge in [-0.2, -0.15) is 0 Å². The number of ketones is 1. The third-order valence-corrected chi connectivity index (χ3v) is 6.52. The number of Topliss-reactive ketones (excluding diaryl/α,β-unsaturated/α-hetero) is 1. The van der Waals surface area contributed by atoms with E-state index < -0.39 is 0 Å². The maximum atomic E-state index is 12.7. The Morgan fingerprint density at radius 2 is 2.04 bits per heavy atom. The highest BCUT2D eigenvalue weighted by Crippen LogP contribution is 2.56. The molecule has 24 heavy (non-hydrogen) atoms.